The first-order chi connectivity index (χ1) is 3.33. The van der Waals surface area contributed by atoms with Crippen molar-refractivity contribution in [1.29, 1.82) is 0 Å². The summed E-state index contributed by atoms with van der Waals surface area (Å²) in [5.74, 6) is 0. The van der Waals surface area contributed by atoms with Crippen molar-refractivity contribution >= 4 is 11.8 Å². The Bertz CT molecular complexity index is 62.7. The van der Waals surface area contributed by atoms with Crippen LogP contribution in [0, 0.1) is 0 Å². The lowest BCUT2D eigenvalue weighted by Gasteiger charge is -2.29. The molecule has 1 fully saturated rings. The van der Waals surface area contributed by atoms with E-state index in [2.05, 4.69) is 4.84 Å². The second-order valence-corrected chi connectivity index (χ2v) is 2.15. The molecule has 2 nitrogen and oxygen atoms in total. The van der Waals surface area contributed by atoms with Gasteiger partial charge in [-0.05, 0) is 24.6 Å². The van der Waals surface area contributed by atoms with Crippen LogP contribution < -0.4 is 4.84 Å². The maximum absolute atomic E-state index is 8.65. The van der Waals surface area contributed by atoms with E-state index in [-0.39, 0.29) is 6.10 Å². The minimum atomic E-state index is -0.101. The molecule has 1 rings (SSSR count). The second-order valence-electron chi connectivity index (χ2n) is 1.93. The minimum Gasteiger partial charge on any atom is -0.393 e. The Morgan fingerprint density at radius 2 is 2.14 bits per heavy atom. The van der Waals surface area contributed by atoms with Crippen molar-refractivity contribution in [2.24, 2.45) is 0 Å². The van der Waals surface area contributed by atoms with Crippen LogP contribution in [0.5, 0.6) is 0 Å². The van der Waals surface area contributed by atoms with E-state index in [1.807, 2.05) is 0 Å². The van der Waals surface area contributed by atoms with Gasteiger partial charge in [-0.2, -0.15) is 0 Å². The van der Waals surface area contributed by atoms with Crippen molar-refractivity contribution in [3.05, 3.63) is 0 Å². The molecular formula is C4H8ClNO. The van der Waals surface area contributed by atoms with Crippen LogP contribution >= 0.6 is 11.8 Å². The summed E-state index contributed by atoms with van der Waals surface area (Å²) in [5, 5.41) is 8.65. The van der Waals surface area contributed by atoms with E-state index >= 15 is 0 Å². The fourth-order valence-corrected chi connectivity index (χ4v) is 0.855. The molecule has 0 radical (unpaired) electrons. The molecule has 42 valence electrons. The topological polar surface area (TPSA) is 32.3 Å². The summed E-state index contributed by atoms with van der Waals surface area (Å²) in [4.78, 5) is 2.54. The third-order valence-electron chi connectivity index (χ3n) is 1.27. The van der Waals surface area contributed by atoms with Crippen LogP contribution in [0.15, 0.2) is 0 Å². The van der Waals surface area contributed by atoms with Gasteiger partial charge in [0.05, 0.1) is 6.10 Å². The van der Waals surface area contributed by atoms with Crippen LogP contribution in [0.1, 0.15) is 12.8 Å². The van der Waals surface area contributed by atoms with Crippen LogP contribution in [0.2, 0.25) is 0 Å². The van der Waals surface area contributed by atoms with Gasteiger partial charge in [-0.3, -0.25) is 0 Å². The SMILES string of the molecule is O[C@H]1C[C@@H](NCl)C1. The fourth-order valence-electron chi connectivity index (χ4n) is 0.677. The third kappa shape index (κ3) is 1.06. The third-order valence-corrected chi connectivity index (χ3v) is 1.58. The summed E-state index contributed by atoms with van der Waals surface area (Å²) < 4.78 is 0. The highest BCUT2D eigenvalue weighted by Crippen LogP contribution is 2.19. The van der Waals surface area contributed by atoms with Crippen molar-refractivity contribution < 1.29 is 5.11 Å². The molecule has 2 N–H and O–H groups in total. The Balaban J connectivity index is 2.06. The first kappa shape index (κ1) is 5.35. The van der Waals surface area contributed by atoms with Gasteiger partial charge in [-0.1, -0.05) is 0 Å². The molecule has 0 bridgehead atoms. The number of rotatable bonds is 1. The van der Waals surface area contributed by atoms with Gasteiger partial charge >= 0.3 is 0 Å². The molecule has 1 saturated carbocycles. The summed E-state index contributed by atoms with van der Waals surface area (Å²) in [6.07, 6.45) is 1.52. The molecule has 1 aliphatic rings. The molecule has 0 aromatic rings. The predicted octanol–water partition coefficient (Wildman–Crippen LogP) is 0.253. The molecule has 3 heteroatoms. The van der Waals surface area contributed by atoms with E-state index < -0.39 is 0 Å². The molecule has 0 unspecified atom stereocenters. The monoisotopic (exact) mass is 121 g/mol. The number of hydrogen-bond donors (Lipinski definition) is 2. The largest absolute Gasteiger partial charge is 0.393 e. The fraction of sp³-hybridized carbons (Fsp3) is 1.00. The number of halogens is 1. The van der Waals surface area contributed by atoms with Gasteiger partial charge in [0.15, 0.2) is 0 Å². The molecule has 0 atom stereocenters. The van der Waals surface area contributed by atoms with E-state index in [4.69, 9.17) is 16.9 Å². The Morgan fingerprint density at radius 3 is 2.29 bits per heavy atom. The molecule has 0 aromatic carbocycles. The van der Waals surface area contributed by atoms with Crippen molar-refractivity contribution in [2.75, 3.05) is 0 Å². The Labute approximate surface area is 47.6 Å². The van der Waals surface area contributed by atoms with Gasteiger partial charge in [0, 0.05) is 6.04 Å². The van der Waals surface area contributed by atoms with Crippen LogP contribution in [-0.2, 0) is 0 Å². The van der Waals surface area contributed by atoms with Gasteiger partial charge < -0.3 is 5.11 Å². The molecule has 7 heavy (non-hydrogen) atoms. The van der Waals surface area contributed by atoms with Gasteiger partial charge in [0.2, 0.25) is 0 Å². The number of aliphatic hydroxyl groups is 1. The first-order valence-electron chi connectivity index (χ1n) is 2.37. The van der Waals surface area contributed by atoms with E-state index in [9.17, 15) is 0 Å². The highest BCUT2D eigenvalue weighted by atomic mass is 35.5. The Hall–Kier alpha value is 0.210. The molecule has 0 aromatic heterocycles. The highest BCUT2D eigenvalue weighted by molar-refractivity contribution is 6.13. The number of aliphatic hydroxyl groups excluding tert-OH is 1. The average Bonchev–Trinajstić information content (AvgIpc) is 1.58. The van der Waals surface area contributed by atoms with E-state index in [1.165, 1.54) is 0 Å². The summed E-state index contributed by atoms with van der Waals surface area (Å²) in [7, 11) is 0. The Kier molecular flexibility index (Phi) is 1.52. The maximum atomic E-state index is 8.65. The van der Waals surface area contributed by atoms with Crippen molar-refractivity contribution in [2.45, 2.75) is 25.0 Å². The summed E-state index contributed by atoms with van der Waals surface area (Å²) in [5.41, 5.74) is 0. The molecule has 0 spiro atoms. The highest BCUT2D eigenvalue weighted by Gasteiger charge is 2.25. The van der Waals surface area contributed by atoms with Crippen LogP contribution in [0.25, 0.3) is 0 Å². The maximum Gasteiger partial charge on any atom is 0.0570 e. The molecule has 0 heterocycles. The minimum absolute atomic E-state index is 0.101. The normalized spacial score (nSPS) is 40.3. The van der Waals surface area contributed by atoms with Crippen molar-refractivity contribution in [1.82, 2.24) is 4.84 Å². The van der Waals surface area contributed by atoms with Crippen LogP contribution in [-0.4, -0.2) is 17.3 Å². The second kappa shape index (κ2) is 1.99. The smallest absolute Gasteiger partial charge is 0.0570 e. The number of nitrogens with one attached hydrogen (secondary N) is 1. The van der Waals surface area contributed by atoms with Gasteiger partial charge in [-0.15, -0.1) is 0 Å². The molecule has 0 aliphatic heterocycles. The van der Waals surface area contributed by atoms with Gasteiger partial charge in [-0.25, -0.2) is 4.84 Å². The van der Waals surface area contributed by atoms with Gasteiger partial charge in [0.1, 0.15) is 0 Å². The van der Waals surface area contributed by atoms with Crippen molar-refractivity contribution in [3.8, 4) is 0 Å². The quantitative estimate of drug-likeness (QED) is 0.488. The lowest BCUT2D eigenvalue weighted by molar-refractivity contribution is 0.0714. The number of hydrogen-bond acceptors (Lipinski definition) is 2. The van der Waals surface area contributed by atoms with Gasteiger partial charge in [0.25, 0.3) is 0 Å². The zero-order chi connectivity index (χ0) is 5.28. The Morgan fingerprint density at radius 1 is 1.57 bits per heavy atom. The van der Waals surface area contributed by atoms with E-state index in [0.717, 1.165) is 12.8 Å². The summed E-state index contributed by atoms with van der Waals surface area (Å²) in [6, 6.07) is 0.358. The van der Waals surface area contributed by atoms with E-state index in [1.54, 1.807) is 0 Å². The zero-order valence-corrected chi connectivity index (χ0v) is 4.65. The summed E-state index contributed by atoms with van der Waals surface area (Å²) in [6.45, 7) is 0. The molecular weight excluding hydrogens is 114 g/mol. The van der Waals surface area contributed by atoms with Crippen LogP contribution in [0.4, 0.5) is 0 Å². The first-order valence-corrected chi connectivity index (χ1v) is 2.75. The predicted molar refractivity (Wildman–Crippen MR) is 28.0 cm³/mol. The van der Waals surface area contributed by atoms with Crippen molar-refractivity contribution in [3.63, 3.8) is 0 Å². The molecule has 1 aliphatic carbocycles. The zero-order valence-electron chi connectivity index (χ0n) is 3.89. The lowest BCUT2D eigenvalue weighted by Crippen LogP contribution is -2.39. The van der Waals surface area contributed by atoms with Crippen LogP contribution in [0.3, 0.4) is 0 Å². The standard InChI is InChI=1S/C4H8ClNO/c5-6-3-1-4(7)2-3/h3-4,6-7H,1-2H2/t3-,4+. The van der Waals surface area contributed by atoms with E-state index in [0.29, 0.717) is 6.04 Å². The average molecular weight is 122 g/mol. The summed E-state index contributed by atoms with van der Waals surface area (Å²) >= 11 is 5.21. The lowest BCUT2D eigenvalue weighted by atomic mass is 9.91. The molecule has 0 saturated heterocycles. The molecule has 0 amide bonds.